The molecular weight excluding hydrogens is 231 g/mol. The van der Waals surface area contributed by atoms with Crippen LogP contribution in [0.4, 0.5) is 0 Å². The monoisotopic (exact) mass is 242 g/mol. The van der Waals surface area contributed by atoms with Gasteiger partial charge in [-0.15, -0.1) is 0 Å². The van der Waals surface area contributed by atoms with E-state index < -0.39 is 0 Å². The molecule has 1 rings (SSSR count). The fraction of sp³-hybridized carbons (Fsp3) is 1.00. The quantitative estimate of drug-likeness (QED) is 0.524. The molecule has 3 nitrogen and oxygen atoms in total. The molecule has 1 unspecified atom stereocenters. The van der Waals surface area contributed by atoms with Gasteiger partial charge < -0.3 is 10.1 Å². The molecule has 1 fully saturated rings. The molecule has 0 spiro atoms. The molecule has 4 heteroatoms. The number of hydrogen-bond donors (Lipinski definition) is 2. The predicted octanol–water partition coefficient (Wildman–Crippen LogP) is -0.0856. The van der Waals surface area contributed by atoms with Crippen molar-refractivity contribution in [3.8, 4) is 0 Å². The molecule has 2 N–H and O–H groups in total. The summed E-state index contributed by atoms with van der Waals surface area (Å²) in [7, 11) is 0. The van der Waals surface area contributed by atoms with Gasteiger partial charge in [0.15, 0.2) is 0 Å². The lowest BCUT2D eigenvalue weighted by molar-refractivity contribution is 0.0789. The Kier molecular flexibility index (Phi) is 3.80. The average Bonchev–Trinajstić information content (AvgIpc) is 1.91. The van der Waals surface area contributed by atoms with Crippen LogP contribution in [-0.2, 0) is 4.74 Å². The Labute approximate surface area is 69.0 Å². The second-order valence-corrected chi connectivity index (χ2v) is 2.83. The third-order valence-electron chi connectivity index (χ3n) is 1.32. The summed E-state index contributed by atoms with van der Waals surface area (Å²) in [6, 6.07) is 0.510. The Morgan fingerprint density at radius 2 is 2.67 bits per heavy atom. The van der Waals surface area contributed by atoms with Crippen molar-refractivity contribution in [1.29, 1.82) is 0 Å². The summed E-state index contributed by atoms with van der Waals surface area (Å²) in [6.45, 7) is 3.68. The molecular formula is C5H11IN2O. The van der Waals surface area contributed by atoms with E-state index in [2.05, 4.69) is 31.7 Å². The fourth-order valence-electron chi connectivity index (χ4n) is 0.844. The van der Waals surface area contributed by atoms with Gasteiger partial charge in [-0.3, -0.25) is 3.53 Å². The molecule has 0 aromatic rings. The molecule has 9 heavy (non-hydrogen) atoms. The first-order valence-electron chi connectivity index (χ1n) is 3.08. The summed E-state index contributed by atoms with van der Waals surface area (Å²) in [4.78, 5) is 0. The zero-order valence-corrected chi connectivity index (χ0v) is 7.35. The van der Waals surface area contributed by atoms with E-state index in [1.807, 2.05) is 0 Å². The fourth-order valence-corrected chi connectivity index (χ4v) is 1.38. The van der Waals surface area contributed by atoms with Gasteiger partial charge in [0.1, 0.15) is 0 Å². The van der Waals surface area contributed by atoms with Crippen LogP contribution in [0.5, 0.6) is 0 Å². The van der Waals surface area contributed by atoms with Crippen LogP contribution in [0.1, 0.15) is 0 Å². The number of ether oxygens (including phenoxy) is 1. The van der Waals surface area contributed by atoms with Crippen molar-refractivity contribution in [2.75, 3.05) is 26.3 Å². The zero-order valence-electron chi connectivity index (χ0n) is 5.19. The summed E-state index contributed by atoms with van der Waals surface area (Å²) in [5.41, 5.74) is 0. The van der Waals surface area contributed by atoms with E-state index in [1.165, 1.54) is 0 Å². The zero-order chi connectivity index (χ0) is 6.53. The third-order valence-corrected chi connectivity index (χ3v) is 1.76. The summed E-state index contributed by atoms with van der Waals surface area (Å²) in [5, 5.41) is 3.33. The molecule has 0 aliphatic carbocycles. The van der Waals surface area contributed by atoms with Gasteiger partial charge >= 0.3 is 0 Å². The van der Waals surface area contributed by atoms with Crippen LogP contribution in [0, 0.1) is 0 Å². The highest BCUT2D eigenvalue weighted by molar-refractivity contribution is 14.1. The Bertz CT molecular complexity index is 72.6. The van der Waals surface area contributed by atoms with Gasteiger partial charge in [-0.25, -0.2) is 0 Å². The van der Waals surface area contributed by atoms with Crippen molar-refractivity contribution in [3.05, 3.63) is 0 Å². The normalized spacial score (nSPS) is 28.3. The Morgan fingerprint density at radius 1 is 1.78 bits per heavy atom. The van der Waals surface area contributed by atoms with Crippen molar-refractivity contribution in [2.45, 2.75) is 6.04 Å². The lowest BCUT2D eigenvalue weighted by Gasteiger charge is -2.22. The smallest absolute Gasteiger partial charge is 0.0633 e. The van der Waals surface area contributed by atoms with E-state index in [0.29, 0.717) is 6.04 Å². The first-order chi connectivity index (χ1) is 4.43. The van der Waals surface area contributed by atoms with Crippen LogP contribution in [0.25, 0.3) is 0 Å². The number of hydrogen-bond acceptors (Lipinski definition) is 3. The Hall–Kier alpha value is 0.610. The van der Waals surface area contributed by atoms with Gasteiger partial charge in [-0.1, -0.05) is 0 Å². The highest BCUT2D eigenvalue weighted by Crippen LogP contribution is 1.91. The van der Waals surface area contributed by atoms with Crippen LogP contribution in [0.2, 0.25) is 0 Å². The SMILES string of the molecule is INCC1COCCN1. The van der Waals surface area contributed by atoms with Crippen molar-refractivity contribution in [3.63, 3.8) is 0 Å². The van der Waals surface area contributed by atoms with E-state index >= 15 is 0 Å². The van der Waals surface area contributed by atoms with E-state index in [1.54, 1.807) is 0 Å². The molecule has 1 saturated heterocycles. The molecule has 0 aromatic heterocycles. The first kappa shape index (κ1) is 7.71. The predicted molar refractivity (Wildman–Crippen MR) is 44.6 cm³/mol. The summed E-state index contributed by atoms with van der Waals surface area (Å²) >= 11 is 2.14. The number of nitrogens with one attached hydrogen (secondary N) is 2. The lowest BCUT2D eigenvalue weighted by Crippen LogP contribution is -2.45. The first-order valence-corrected chi connectivity index (χ1v) is 4.16. The maximum atomic E-state index is 5.23. The Balaban J connectivity index is 2.08. The standard InChI is InChI=1S/C5H11IN2O/c6-8-3-5-4-9-2-1-7-5/h5,7-8H,1-4H2. The van der Waals surface area contributed by atoms with Crippen molar-refractivity contribution < 1.29 is 4.74 Å². The molecule has 54 valence electrons. The van der Waals surface area contributed by atoms with Crippen LogP contribution in [0.3, 0.4) is 0 Å². The number of rotatable bonds is 2. The highest BCUT2D eigenvalue weighted by Gasteiger charge is 2.10. The van der Waals surface area contributed by atoms with Crippen LogP contribution >= 0.6 is 22.9 Å². The molecule has 0 aromatic carbocycles. The topological polar surface area (TPSA) is 33.3 Å². The molecule has 1 heterocycles. The van der Waals surface area contributed by atoms with Crippen LogP contribution < -0.4 is 8.85 Å². The van der Waals surface area contributed by atoms with E-state index in [4.69, 9.17) is 4.74 Å². The molecule has 1 atom stereocenters. The molecule has 0 radical (unpaired) electrons. The molecule has 0 saturated carbocycles. The van der Waals surface area contributed by atoms with Gasteiger partial charge in [0.2, 0.25) is 0 Å². The van der Waals surface area contributed by atoms with E-state index in [0.717, 1.165) is 26.3 Å². The van der Waals surface area contributed by atoms with Crippen molar-refractivity contribution >= 4 is 22.9 Å². The number of morpholine rings is 1. The van der Waals surface area contributed by atoms with Gasteiger partial charge in [-0.2, -0.15) is 0 Å². The van der Waals surface area contributed by atoms with Gasteiger partial charge in [-0.05, 0) is 0 Å². The minimum absolute atomic E-state index is 0.510. The van der Waals surface area contributed by atoms with Gasteiger partial charge in [0.05, 0.1) is 13.2 Å². The summed E-state index contributed by atoms with van der Waals surface area (Å²) in [6.07, 6.45) is 0. The minimum Gasteiger partial charge on any atom is -0.378 e. The molecule has 1 aliphatic rings. The Morgan fingerprint density at radius 3 is 3.22 bits per heavy atom. The summed E-state index contributed by atoms with van der Waals surface area (Å²) in [5.74, 6) is 0. The highest BCUT2D eigenvalue weighted by atomic mass is 127. The van der Waals surface area contributed by atoms with Crippen LogP contribution in [0.15, 0.2) is 0 Å². The second-order valence-electron chi connectivity index (χ2n) is 2.06. The van der Waals surface area contributed by atoms with Gasteiger partial charge in [0, 0.05) is 42.0 Å². The third kappa shape index (κ3) is 2.79. The molecule has 0 amide bonds. The summed E-state index contributed by atoms with van der Waals surface area (Å²) < 4.78 is 8.29. The minimum atomic E-state index is 0.510. The number of halogens is 1. The maximum absolute atomic E-state index is 5.23. The van der Waals surface area contributed by atoms with E-state index in [9.17, 15) is 0 Å². The lowest BCUT2D eigenvalue weighted by atomic mass is 10.3. The molecule has 1 aliphatic heterocycles. The largest absolute Gasteiger partial charge is 0.378 e. The molecule has 0 bridgehead atoms. The van der Waals surface area contributed by atoms with E-state index in [-0.39, 0.29) is 0 Å². The second kappa shape index (κ2) is 4.43. The van der Waals surface area contributed by atoms with Crippen molar-refractivity contribution in [2.24, 2.45) is 0 Å². The van der Waals surface area contributed by atoms with Crippen molar-refractivity contribution in [1.82, 2.24) is 8.85 Å². The van der Waals surface area contributed by atoms with Gasteiger partial charge in [0.25, 0.3) is 0 Å². The average molecular weight is 242 g/mol. The van der Waals surface area contributed by atoms with Crippen LogP contribution in [-0.4, -0.2) is 32.3 Å². The maximum Gasteiger partial charge on any atom is 0.0633 e.